The van der Waals surface area contributed by atoms with Crippen LogP contribution in [0.1, 0.15) is 20.3 Å². The first kappa shape index (κ1) is 10.8. The average molecular weight is 196 g/mol. The number of carbonyl (C=O) groups is 2. The van der Waals surface area contributed by atoms with E-state index in [0.29, 0.717) is 13.1 Å². The van der Waals surface area contributed by atoms with E-state index in [1.54, 1.807) is 11.0 Å². The summed E-state index contributed by atoms with van der Waals surface area (Å²) in [7, 11) is 0. The normalized spacial score (nSPS) is 17.0. The molecule has 1 aliphatic rings. The van der Waals surface area contributed by atoms with Gasteiger partial charge in [-0.3, -0.25) is 9.59 Å². The molecule has 0 aliphatic carbocycles. The lowest BCUT2D eigenvalue weighted by molar-refractivity contribution is -0.131. The Hall–Kier alpha value is -1.32. The molecule has 78 valence electrons. The van der Waals surface area contributed by atoms with Gasteiger partial charge in [-0.15, -0.1) is 0 Å². The molecular weight excluding hydrogens is 180 g/mol. The van der Waals surface area contributed by atoms with Crippen molar-refractivity contribution >= 4 is 11.8 Å². The van der Waals surface area contributed by atoms with Crippen molar-refractivity contribution in [3.63, 3.8) is 0 Å². The zero-order valence-corrected chi connectivity index (χ0v) is 8.67. The van der Waals surface area contributed by atoms with Crippen LogP contribution in [-0.4, -0.2) is 36.3 Å². The number of nitrogens with zero attached hydrogens (tertiary/aromatic N) is 1. The summed E-state index contributed by atoms with van der Waals surface area (Å²) in [5, 5.41) is 2.73. The Morgan fingerprint density at radius 3 is 2.86 bits per heavy atom. The minimum Gasteiger partial charge on any atom is -0.354 e. The van der Waals surface area contributed by atoms with Crippen molar-refractivity contribution in [3.8, 4) is 0 Å². The third-order valence-corrected chi connectivity index (χ3v) is 1.99. The standard InChI is InChI=1S/C10H16N2O2/c1-8(2)6-10(14)12-5-3-4-11-9(13)7-12/h6H,3-5,7H2,1-2H3,(H,11,13). The second-order valence-corrected chi connectivity index (χ2v) is 3.68. The van der Waals surface area contributed by atoms with Crippen LogP contribution in [0, 0.1) is 0 Å². The fourth-order valence-corrected chi connectivity index (χ4v) is 1.33. The second-order valence-electron chi connectivity index (χ2n) is 3.68. The third-order valence-electron chi connectivity index (χ3n) is 1.99. The van der Waals surface area contributed by atoms with Gasteiger partial charge in [-0.05, 0) is 20.3 Å². The molecule has 0 aromatic heterocycles. The first-order valence-electron chi connectivity index (χ1n) is 4.80. The maximum absolute atomic E-state index is 11.6. The van der Waals surface area contributed by atoms with Crippen LogP contribution in [0.3, 0.4) is 0 Å². The summed E-state index contributed by atoms with van der Waals surface area (Å²) in [5.74, 6) is -0.139. The molecule has 1 fully saturated rings. The topological polar surface area (TPSA) is 49.4 Å². The van der Waals surface area contributed by atoms with Crippen LogP contribution in [0.15, 0.2) is 11.6 Å². The van der Waals surface area contributed by atoms with E-state index in [2.05, 4.69) is 5.32 Å². The molecule has 1 rings (SSSR count). The molecule has 0 unspecified atom stereocenters. The van der Waals surface area contributed by atoms with Crippen molar-refractivity contribution in [2.24, 2.45) is 0 Å². The molecule has 1 heterocycles. The number of hydrogen-bond acceptors (Lipinski definition) is 2. The monoisotopic (exact) mass is 196 g/mol. The molecule has 0 saturated carbocycles. The SMILES string of the molecule is CC(C)=CC(=O)N1CCCNC(=O)C1. The van der Waals surface area contributed by atoms with E-state index in [1.165, 1.54) is 0 Å². The van der Waals surface area contributed by atoms with Gasteiger partial charge in [0.05, 0.1) is 6.54 Å². The summed E-state index contributed by atoms with van der Waals surface area (Å²) < 4.78 is 0. The van der Waals surface area contributed by atoms with Crippen molar-refractivity contribution in [2.75, 3.05) is 19.6 Å². The van der Waals surface area contributed by atoms with Crippen LogP contribution >= 0.6 is 0 Å². The Labute approximate surface area is 84.0 Å². The minimum atomic E-state index is -0.0713. The number of carbonyl (C=O) groups excluding carboxylic acids is 2. The molecule has 0 bridgehead atoms. The van der Waals surface area contributed by atoms with Gasteiger partial charge in [-0.2, -0.15) is 0 Å². The number of rotatable bonds is 1. The van der Waals surface area contributed by atoms with E-state index >= 15 is 0 Å². The highest BCUT2D eigenvalue weighted by Crippen LogP contribution is 2.00. The van der Waals surface area contributed by atoms with Crippen LogP contribution in [0.25, 0.3) is 0 Å². The van der Waals surface area contributed by atoms with Gasteiger partial charge >= 0.3 is 0 Å². The van der Waals surface area contributed by atoms with Crippen LogP contribution < -0.4 is 5.32 Å². The van der Waals surface area contributed by atoms with Crippen LogP contribution in [0.4, 0.5) is 0 Å². The van der Waals surface area contributed by atoms with Crippen LogP contribution in [0.5, 0.6) is 0 Å². The molecule has 0 aromatic rings. The Balaban J connectivity index is 2.61. The van der Waals surface area contributed by atoms with E-state index in [0.717, 1.165) is 12.0 Å². The maximum atomic E-state index is 11.6. The first-order valence-corrected chi connectivity index (χ1v) is 4.80. The summed E-state index contributed by atoms with van der Waals surface area (Å²) >= 11 is 0. The summed E-state index contributed by atoms with van der Waals surface area (Å²) in [6.07, 6.45) is 2.40. The fourth-order valence-electron chi connectivity index (χ4n) is 1.33. The Kier molecular flexibility index (Phi) is 3.68. The van der Waals surface area contributed by atoms with Crippen LogP contribution in [0.2, 0.25) is 0 Å². The molecule has 1 N–H and O–H groups in total. The molecule has 2 amide bonds. The van der Waals surface area contributed by atoms with Gasteiger partial charge in [-0.1, -0.05) is 5.57 Å². The van der Waals surface area contributed by atoms with Crippen molar-refractivity contribution < 1.29 is 9.59 Å². The zero-order valence-electron chi connectivity index (χ0n) is 8.67. The molecule has 0 spiro atoms. The summed E-state index contributed by atoms with van der Waals surface area (Å²) in [4.78, 5) is 24.3. The Bertz CT molecular complexity index is 267. The van der Waals surface area contributed by atoms with Gasteiger partial charge in [0.1, 0.15) is 0 Å². The quantitative estimate of drug-likeness (QED) is 0.613. The van der Waals surface area contributed by atoms with Gasteiger partial charge in [0, 0.05) is 19.2 Å². The zero-order chi connectivity index (χ0) is 10.6. The van der Waals surface area contributed by atoms with Gasteiger partial charge < -0.3 is 10.2 Å². The molecule has 4 heteroatoms. The Morgan fingerprint density at radius 1 is 1.50 bits per heavy atom. The van der Waals surface area contributed by atoms with E-state index < -0.39 is 0 Å². The van der Waals surface area contributed by atoms with Gasteiger partial charge in [0.2, 0.25) is 11.8 Å². The van der Waals surface area contributed by atoms with E-state index in [9.17, 15) is 9.59 Å². The van der Waals surface area contributed by atoms with Crippen molar-refractivity contribution in [2.45, 2.75) is 20.3 Å². The number of nitrogens with one attached hydrogen (secondary N) is 1. The average Bonchev–Trinajstić information content (AvgIpc) is 2.28. The second kappa shape index (κ2) is 4.79. The highest BCUT2D eigenvalue weighted by atomic mass is 16.2. The lowest BCUT2D eigenvalue weighted by Gasteiger charge is -2.16. The maximum Gasteiger partial charge on any atom is 0.246 e. The number of amides is 2. The van der Waals surface area contributed by atoms with Crippen molar-refractivity contribution in [1.29, 1.82) is 0 Å². The lowest BCUT2D eigenvalue weighted by Crippen LogP contribution is -2.36. The van der Waals surface area contributed by atoms with Gasteiger partial charge in [0.25, 0.3) is 0 Å². The van der Waals surface area contributed by atoms with Crippen LogP contribution in [-0.2, 0) is 9.59 Å². The molecule has 14 heavy (non-hydrogen) atoms. The molecule has 0 aromatic carbocycles. The van der Waals surface area contributed by atoms with E-state index in [4.69, 9.17) is 0 Å². The summed E-state index contributed by atoms with van der Waals surface area (Å²) in [5.41, 5.74) is 0.958. The molecule has 1 saturated heterocycles. The summed E-state index contributed by atoms with van der Waals surface area (Å²) in [6, 6.07) is 0. The Morgan fingerprint density at radius 2 is 2.21 bits per heavy atom. The molecule has 0 radical (unpaired) electrons. The third kappa shape index (κ3) is 3.20. The van der Waals surface area contributed by atoms with Crippen molar-refractivity contribution in [1.82, 2.24) is 10.2 Å². The summed E-state index contributed by atoms with van der Waals surface area (Å²) in [6.45, 7) is 5.24. The number of hydrogen-bond donors (Lipinski definition) is 1. The minimum absolute atomic E-state index is 0.0675. The highest BCUT2D eigenvalue weighted by molar-refractivity contribution is 5.91. The smallest absolute Gasteiger partial charge is 0.246 e. The van der Waals surface area contributed by atoms with Gasteiger partial charge in [0.15, 0.2) is 0 Å². The molecule has 0 atom stereocenters. The predicted molar refractivity (Wildman–Crippen MR) is 53.6 cm³/mol. The van der Waals surface area contributed by atoms with Crippen molar-refractivity contribution in [3.05, 3.63) is 11.6 Å². The highest BCUT2D eigenvalue weighted by Gasteiger charge is 2.17. The fraction of sp³-hybridized carbons (Fsp3) is 0.600. The molecule has 4 nitrogen and oxygen atoms in total. The van der Waals surface area contributed by atoms with E-state index in [-0.39, 0.29) is 18.4 Å². The van der Waals surface area contributed by atoms with E-state index in [1.807, 2.05) is 13.8 Å². The number of allylic oxidation sites excluding steroid dienone is 1. The predicted octanol–water partition coefficient (Wildman–Crippen LogP) is 0.301. The molecular formula is C10H16N2O2. The molecule has 1 aliphatic heterocycles. The largest absolute Gasteiger partial charge is 0.354 e. The lowest BCUT2D eigenvalue weighted by atomic mass is 10.3. The van der Waals surface area contributed by atoms with Gasteiger partial charge in [-0.25, -0.2) is 0 Å². The first-order chi connectivity index (χ1) is 6.59.